The van der Waals surface area contributed by atoms with Crippen molar-refractivity contribution in [1.29, 1.82) is 0 Å². The van der Waals surface area contributed by atoms with E-state index in [-0.39, 0.29) is 6.04 Å². The quantitative estimate of drug-likeness (QED) is 0.759. The Bertz CT molecular complexity index is 321. The zero-order valence-corrected chi connectivity index (χ0v) is 8.82. The minimum atomic E-state index is -0.407. The predicted molar refractivity (Wildman–Crippen MR) is 57.7 cm³/mol. The lowest BCUT2D eigenvalue weighted by Crippen LogP contribution is -2.24. The van der Waals surface area contributed by atoms with Crippen LogP contribution in [0.5, 0.6) is 0 Å². The molecule has 3 heteroatoms. The van der Waals surface area contributed by atoms with Crippen LogP contribution in [0.15, 0.2) is 18.3 Å². The normalized spacial score (nSPS) is 20.1. The van der Waals surface area contributed by atoms with Crippen LogP contribution in [0.4, 0.5) is 4.39 Å². The maximum atomic E-state index is 13.4. The van der Waals surface area contributed by atoms with E-state index in [9.17, 15) is 4.39 Å². The summed E-state index contributed by atoms with van der Waals surface area (Å²) < 4.78 is 13.4. The molecule has 0 aliphatic heterocycles. The van der Waals surface area contributed by atoms with Crippen molar-refractivity contribution in [2.45, 2.75) is 38.1 Å². The van der Waals surface area contributed by atoms with Crippen molar-refractivity contribution in [1.82, 2.24) is 4.98 Å². The molecule has 2 N–H and O–H groups in total. The lowest BCUT2D eigenvalue weighted by Gasteiger charge is -2.27. The highest BCUT2D eigenvalue weighted by molar-refractivity contribution is 5.16. The predicted octanol–water partition coefficient (Wildman–Crippen LogP) is 2.80. The highest BCUT2D eigenvalue weighted by atomic mass is 19.1. The van der Waals surface area contributed by atoms with Crippen molar-refractivity contribution in [2.24, 2.45) is 11.7 Å². The molecule has 0 unspecified atom stereocenters. The molecule has 1 fully saturated rings. The third-order valence-electron chi connectivity index (χ3n) is 3.30. The van der Waals surface area contributed by atoms with E-state index in [1.807, 2.05) is 0 Å². The summed E-state index contributed by atoms with van der Waals surface area (Å²) in [5, 5.41) is 0. The molecule has 0 amide bonds. The summed E-state index contributed by atoms with van der Waals surface area (Å²) in [6.07, 6.45) is 7.44. The van der Waals surface area contributed by atoms with Gasteiger partial charge in [0.1, 0.15) is 0 Å². The maximum absolute atomic E-state index is 13.4. The second-order valence-electron chi connectivity index (χ2n) is 4.31. The Kier molecular flexibility index (Phi) is 3.31. The number of aromatic nitrogens is 1. The van der Waals surface area contributed by atoms with Gasteiger partial charge in [0.15, 0.2) is 0 Å². The third-order valence-corrected chi connectivity index (χ3v) is 3.30. The van der Waals surface area contributed by atoms with Crippen LogP contribution in [0.25, 0.3) is 0 Å². The van der Waals surface area contributed by atoms with Crippen LogP contribution in [-0.4, -0.2) is 4.98 Å². The number of rotatable bonds is 2. The molecule has 2 rings (SSSR count). The lowest BCUT2D eigenvalue weighted by molar-refractivity contribution is 0.302. The average Bonchev–Trinajstić information content (AvgIpc) is 2.30. The highest BCUT2D eigenvalue weighted by Crippen LogP contribution is 2.33. The van der Waals surface area contributed by atoms with Crippen LogP contribution >= 0.6 is 0 Å². The van der Waals surface area contributed by atoms with E-state index in [0.717, 1.165) is 12.8 Å². The van der Waals surface area contributed by atoms with E-state index in [4.69, 9.17) is 5.73 Å². The van der Waals surface area contributed by atoms with Gasteiger partial charge < -0.3 is 5.73 Å². The van der Waals surface area contributed by atoms with Crippen LogP contribution in [-0.2, 0) is 0 Å². The van der Waals surface area contributed by atoms with Gasteiger partial charge in [-0.05, 0) is 24.8 Å². The van der Waals surface area contributed by atoms with E-state index in [2.05, 4.69) is 4.98 Å². The Balaban J connectivity index is 2.12. The van der Waals surface area contributed by atoms with Gasteiger partial charge in [0.2, 0.25) is 5.95 Å². The molecule has 1 atom stereocenters. The molecule has 0 saturated heterocycles. The van der Waals surface area contributed by atoms with Gasteiger partial charge >= 0.3 is 0 Å². The van der Waals surface area contributed by atoms with Gasteiger partial charge in [-0.15, -0.1) is 0 Å². The Hall–Kier alpha value is -0.960. The first-order chi connectivity index (χ1) is 7.29. The molecule has 15 heavy (non-hydrogen) atoms. The Morgan fingerprint density at radius 1 is 1.33 bits per heavy atom. The summed E-state index contributed by atoms with van der Waals surface area (Å²) in [4.78, 5) is 3.65. The number of hydrogen-bond acceptors (Lipinski definition) is 2. The molecule has 82 valence electrons. The molecule has 2 nitrogen and oxygen atoms in total. The van der Waals surface area contributed by atoms with Crippen molar-refractivity contribution < 1.29 is 4.39 Å². The molecular weight excluding hydrogens is 191 g/mol. The van der Waals surface area contributed by atoms with Gasteiger partial charge in [-0.2, -0.15) is 4.39 Å². The molecule has 0 aromatic carbocycles. The highest BCUT2D eigenvalue weighted by Gasteiger charge is 2.23. The second kappa shape index (κ2) is 4.71. The zero-order valence-electron chi connectivity index (χ0n) is 8.82. The van der Waals surface area contributed by atoms with E-state index in [1.165, 1.54) is 25.5 Å². The topological polar surface area (TPSA) is 38.9 Å². The molecule has 0 radical (unpaired) electrons. The minimum Gasteiger partial charge on any atom is -0.324 e. The van der Waals surface area contributed by atoms with Gasteiger partial charge in [0.25, 0.3) is 0 Å². The standard InChI is InChI=1S/C12H17FN2/c13-12-10(7-4-8-15-12)11(14)9-5-2-1-3-6-9/h4,7-9,11H,1-3,5-6,14H2/t11-/m0/s1. The van der Waals surface area contributed by atoms with E-state index >= 15 is 0 Å². The summed E-state index contributed by atoms with van der Waals surface area (Å²) >= 11 is 0. The fourth-order valence-electron chi connectivity index (χ4n) is 2.39. The van der Waals surface area contributed by atoms with Gasteiger partial charge in [0.05, 0.1) is 0 Å². The largest absolute Gasteiger partial charge is 0.324 e. The first-order valence-electron chi connectivity index (χ1n) is 5.65. The lowest BCUT2D eigenvalue weighted by atomic mass is 9.82. The maximum Gasteiger partial charge on any atom is 0.217 e. The van der Waals surface area contributed by atoms with Crippen molar-refractivity contribution in [3.05, 3.63) is 29.8 Å². The summed E-state index contributed by atoms with van der Waals surface area (Å²) in [6, 6.07) is 3.32. The van der Waals surface area contributed by atoms with Crippen molar-refractivity contribution in [3.63, 3.8) is 0 Å². The van der Waals surface area contributed by atoms with Gasteiger partial charge in [-0.1, -0.05) is 25.3 Å². The fraction of sp³-hybridized carbons (Fsp3) is 0.583. The summed E-state index contributed by atoms with van der Waals surface area (Å²) in [5.41, 5.74) is 6.66. The van der Waals surface area contributed by atoms with Crippen molar-refractivity contribution in [2.75, 3.05) is 0 Å². The molecule has 1 aliphatic rings. The van der Waals surface area contributed by atoms with Crippen molar-refractivity contribution in [3.8, 4) is 0 Å². The number of nitrogens with zero attached hydrogens (tertiary/aromatic N) is 1. The molecule has 0 spiro atoms. The summed E-state index contributed by atoms with van der Waals surface area (Å²) in [7, 11) is 0. The van der Waals surface area contributed by atoms with Gasteiger partial charge in [-0.3, -0.25) is 0 Å². The molecule has 1 aliphatic carbocycles. The van der Waals surface area contributed by atoms with Gasteiger partial charge in [0, 0.05) is 17.8 Å². The molecular formula is C12H17FN2. The first-order valence-corrected chi connectivity index (χ1v) is 5.65. The Morgan fingerprint density at radius 3 is 2.73 bits per heavy atom. The average molecular weight is 208 g/mol. The fourth-order valence-corrected chi connectivity index (χ4v) is 2.39. The van der Waals surface area contributed by atoms with Crippen LogP contribution < -0.4 is 5.73 Å². The Labute approximate surface area is 89.7 Å². The first kappa shape index (κ1) is 10.6. The van der Waals surface area contributed by atoms with Crippen molar-refractivity contribution >= 4 is 0 Å². The Morgan fingerprint density at radius 2 is 2.07 bits per heavy atom. The smallest absolute Gasteiger partial charge is 0.217 e. The van der Waals surface area contributed by atoms with E-state index < -0.39 is 5.95 Å². The van der Waals surface area contributed by atoms with Crippen LogP contribution in [0.3, 0.4) is 0 Å². The monoisotopic (exact) mass is 208 g/mol. The summed E-state index contributed by atoms with van der Waals surface area (Å²) in [6.45, 7) is 0. The molecule has 1 heterocycles. The number of nitrogens with two attached hydrogens (primary N) is 1. The van der Waals surface area contributed by atoms with E-state index in [0.29, 0.717) is 11.5 Å². The molecule has 0 bridgehead atoms. The van der Waals surface area contributed by atoms with Crippen LogP contribution in [0, 0.1) is 11.9 Å². The molecule has 1 aromatic rings. The molecule has 1 saturated carbocycles. The molecule has 1 aromatic heterocycles. The van der Waals surface area contributed by atoms with Crippen LogP contribution in [0.1, 0.15) is 43.7 Å². The van der Waals surface area contributed by atoms with Gasteiger partial charge in [-0.25, -0.2) is 4.98 Å². The zero-order chi connectivity index (χ0) is 10.7. The van der Waals surface area contributed by atoms with Crippen LogP contribution in [0.2, 0.25) is 0 Å². The number of halogens is 1. The SMILES string of the molecule is N[C@H](c1cccnc1F)C1CCCCC1. The summed E-state index contributed by atoms with van der Waals surface area (Å²) in [5.74, 6) is 0.0213. The number of hydrogen-bond donors (Lipinski definition) is 1. The minimum absolute atomic E-state index is 0.181. The van der Waals surface area contributed by atoms with E-state index in [1.54, 1.807) is 12.1 Å². The third kappa shape index (κ3) is 2.34. The second-order valence-corrected chi connectivity index (χ2v) is 4.31. The number of pyridine rings is 1.